The Morgan fingerprint density at radius 1 is 1.00 bits per heavy atom. The van der Waals surface area contributed by atoms with Crippen LogP contribution >= 0.6 is 0 Å². The molecule has 0 saturated heterocycles. The molecule has 1 atom stereocenters. The third kappa shape index (κ3) is 4.89. The molecule has 0 amide bonds. The Balaban J connectivity index is 1.82. The summed E-state index contributed by atoms with van der Waals surface area (Å²) in [6.07, 6.45) is 4.32. The van der Waals surface area contributed by atoms with E-state index < -0.39 is 15.2 Å². The van der Waals surface area contributed by atoms with Gasteiger partial charge in [0.1, 0.15) is 11.2 Å². The monoisotopic (exact) mass is 401 g/mol. The molecular weight excluding hydrogens is 373 g/mol. The van der Waals surface area contributed by atoms with Gasteiger partial charge in [0.05, 0.1) is 4.90 Å². The first kappa shape index (κ1) is 20.7. The van der Waals surface area contributed by atoms with E-state index >= 15 is 0 Å². The summed E-state index contributed by atoms with van der Waals surface area (Å²) in [5.74, 6) is 0.202. The Kier molecular flexibility index (Phi) is 6.68. The summed E-state index contributed by atoms with van der Waals surface area (Å²) < 4.78 is 39.8. The molecule has 0 saturated carbocycles. The van der Waals surface area contributed by atoms with E-state index in [2.05, 4.69) is 24.8 Å². The summed E-state index contributed by atoms with van der Waals surface area (Å²) in [6.45, 7) is 5.50. The minimum Gasteiger partial charge on any atom is -0.283 e. The lowest BCUT2D eigenvalue weighted by Gasteiger charge is -2.34. The maximum atomic E-state index is 13.3. The van der Waals surface area contributed by atoms with Crippen LogP contribution in [0.3, 0.4) is 0 Å². The fourth-order valence-corrected chi connectivity index (χ4v) is 5.53. The Hall–Kier alpha value is -1.98. The highest BCUT2D eigenvalue weighted by molar-refractivity contribution is 7.92. The highest BCUT2D eigenvalue weighted by atomic mass is 32.2. The van der Waals surface area contributed by atoms with Crippen LogP contribution in [0.4, 0.5) is 4.39 Å². The molecule has 3 rings (SSSR count). The molecule has 0 spiro atoms. The molecule has 0 N–H and O–H groups in total. The molecule has 150 valence electrons. The summed E-state index contributed by atoms with van der Waals surface area (Å²) in [7, 11) is -3.44. The van der Waals surface area contributed by atoms with Crippen LogP contribution in [-0.4, -0.2) is 31.8 Å². The average Bonchev–Trinajstić information content (AvgIpc) is 2.69. The molecule has 0 fully saturated rings. The molecule has 0 bridgehead atoms. The van der Waals surface area contributed by atoms with Gasteiger partial charge in [-0.2, -0.15) is 0 Å². The molecule has 1 aliphatic heterocycles. The fraction of sp³-hybridized carbons (Fsp3) is 0.391. The Morgan fingerprint density at radius 3 is 2.25 bits per heavy atom. The number of halogens is 1. The van der Waals surface area contributed by atoms with Gasteiger partial charge < -0.3 is 0 Å². The van der Waals surface area contributed by atoms with Crippen molar-refractivity contribution in [2.24, 2.45) is 5.92 Å². The van der Waals surface area contributed by atoms with Crippen LogP contribution in [0.5, 0.6) is 0 Å². The zero-order chi connectivity index (χ0) is 20.1. The minimum absolute atomic E-state index is 0.246. The predicted octanol–water partition coefficient (Wildman–Crippen LogP) is 5.15. The number of benzene rings is 2. The second-order valence-electron chi connectivity index (χ2n) is 7.77. The van der Waals surface area contributed by atoms with Gasteiger partial charge in [0.15, 0.2) is 9.84 Å². The Labute approximate surface area is 167 Å². The lowest BCUT2D eigenvalue weighted by Crippen LogP contribution is -2.43. The molecule has 28 heavy (non-hydrogen) atoms. The average molecular weight is 402 g/mol. The first-order valence-electron chi connectivity index (χ1n) is 9.86. The molecular formula is C23H28FNO2S. The zero-order valence-corrected chi connectivity index (χ0v) is 17.3. The molecule has 5 heteroatoms. The van der Waals surface area contributed by atoms with E-state index in [1.54, 1.807) is 36.4 Å². The van der Waals surface area contributed by atoms with Crippen LogP contribution in [0.15, 0.2) is 65.6 Å². The predicted molar refractivity (Wildman–Crippen MR) is 112 cm³/mol. The van der Waals surface area contributed by atoms with Crippen molar-refractivity contribution >= 4 is 15.4 Å². The smallest absolute Gasteiger partial charge is 0.194 e. The summed E-state index contributed by atoms with van der Waals surface area (Å²) in [5, 5.41) is -0.525. The first-order chi connectivity index (χ1) is 13.4. The normalized spacial score (nSPS) is 16.8. The maximum absolute atomic E-state index is 13.3. The highest BCUT2D eigenvalue weighted by Gasteiger charge is 2.33. The van der Waals surface area contributed by atoms with Gasteiger partial charge in [-0.1, -0.05) is 50.3 Å². The van der Waals surface area contributed by atoms with Crippen molar-refractivity contribution in [1.29, 1.82) is 0 Å². The zero-order valence-electron chi connectivity index (χ0n) is 16.5. The molecule has 1 heterocycles. The summed E-state index contributed by atoms with van der Waals surface area (Å²) in [4.78, 5) is 2.45. The van der Waals surface area contributed by atoms with Crippen LogP contribution in [0, 0.1) is 11.7 Å². The number of hydrogen-bond acceptors (Lipinski definition) is 3. The van der Waals surface area contributed by atoms with E-state index in [1.807, 2.05) is 6.07 Å². The molecule has 2 aromatic rings. The van der Waals surface area contributed by atoms with Crippen LogP contribution in [0.25, 0.3) is 5.57 Å². The van der Waals surface area contributed by atoms with Crippen molar-refractivity contribution in [2.45, 2.75) is 43.4 Å². The summed E-state index contributed by atoms with van der Waals surface area (Å²) >= 11 is 0. The van der Waals surface area contributed by atoms with Gasteiger partial charge in [-0.15, -0.1) is 0 Å². The fourth-order valence-electron chi connectivity index (χ4n) is 3.65. The van der Waals surface area contributed by atoms with E-state index in [1.165, 1.54) is 12.1 Å². The van der Waals surface area contributed by atoms with Crippen molar-refractivity contribution in [3.05, 3.63) is 72.1 Å². The van der Waals surface area contributed by atoms with Crippen LogP contribution in [0.1, 0.15) is 38.7 Å². The van der Waals surface area contributed by atoms with Crippen molar-refractivity contribution < 1.29 is 12.8 Å². The quantitative estimate of drug-likeness (QED) is 0.644. The molecule has 1 unspecified atom stereocenters. The van der Waals surface area contributed by atoms with Gasteiger partial charge in [-0.25, -0.2) is 12.8 Å². The number of sulfone groups is 1. The Bertz CT molecular complexity index is 905. The Morgan fingerprint density at radius 2 is 1.68 bits per heavy atom. The molecule has 2 aromatic carbocycles. The third-order valence-electron chi connectivity index (χ3n) is 5.28. The van der Waals surface area contributed by atoms with Crippen LogP contribution < -0.4 is 0 Å². The van der Waals surface area contributed by atoms with Gasteiger partial charge in [0.25, 0.3) is 0 Å². The lowest BCUT2D eigenvalue weighted by atomic mass is 9.99. The van der Waals surface area contributed by atoms with E-state index in [0.717, 1.165) is 24.0 Å². The van der Waals surface area contributed by atoms with Gasteiger partial charge in [-0.05, 0) is 60.6 Å². The minimum atomic E-state index is -3.44. The van der Waals surface area contributed by atoms with Crippen molar-refractivity contribution in [2.75, 3.05) is 13.1 Å². The van der Waals surface area contributed by atoms with Crippen molar-refractivity contribution in [1.82, 2.24) is 4.90 Å². The van der Waals surface area contributed by atoms with E-state index in [9.17, 15) is 12.8 Å². The number of hydrogen-bond donors (Lipinski definition) is 0. The summed E-state index contributed by atoms with van der Waals surface area (Å²) in [5.41, 5.74) is 2.15. The molecule has 3 nitrogen and oxygen atoms in total. The number of rotatable bonds is 7. The van der Waals surface area contributed by atoms with Gasteiger partial charge in [0.2, 0.25) is 0 Å². The second kappa shape index (κ2) is 9.01. The lowest BCUT2D eigenvalue weighted by molar-refractivity contribution is 0.253. The molecule has 1 aliphatic rings. The van der Waals surface area contributed by atoms with Crippen molar-refractivity contribution in [3.8, 4) is 0 Å². The van der Waals surface area contributed by atoms with Crippen LogP contribution in [0.2, 0.25) is 0 Å². The van der Waals surface area contributed by atoms with E-state index in [4.69, 9.17) is 0 Å². The van der Waals surface area contributed by atoms with Gasteiger partial charge in [0, 0.05) is 13.1 Å². The first-order valence-corrected chi connectivity index (χ1v) is 11.4. The molecule has 0 aliphatic carbocycles. The second-order valence-corrected chi connectivity index (χ2v) is 9.87. The number of nitrogens with zero attached hydrogens (tertiary/aromatic N) is 1. The summed E-state index contributed by atoms with van der Waals surface area (Å²) in [6, 6.07) is 15.2. The maximum Gasteiger partial charge on any atom is 0.194 e. The van der Waals surface area contributed by atoms with Crippen molar-refractivity contribution in [3.63, 3.8) is 0 Å². The highest BCUT2D eigenvalue weighted by Crippen LogP contribution is 2.29. The topological polar surface area (TPSA) is 37.4 Å². The SMILES string of the molecule is CC(C)CCC(N1CC=C(c2ccc(F)cc2)CC1)S(=O)(=O)c1ccccc1. The van der Waals surface area contributed by atoms with E-state index in [-0.39, 0.29) is 5.82 Å². The molecule has 0 aromatic heterocycles. The van der Waals surface area contributed by atoms with Crippen LogP contribution in [-0.2, 0) is 9.84 Å². The third-order valence-corrected chi connectivity index (χ3v) is 7.46. The standard InChI is InChI=1S/C23H28FNO2S/c1-18(2)8-13-23(28(26,27)22-6-4-3-5-7-22)25-16-14-20(15-17-25)19-9-11-21(24)12-10-19/h3-7,9-12,14,18,23H,8,13,15-17H2,1-2H3. The largest absolute Gasteiger partial charge is 0.283 e. The molecule has 0 radical (unpaired) electrons. The van der Waals surface area contributed by atoms with E-state index in [0.29, 0.717) is 30.3 Å². The van der Waals surface area contributed by atoms with Gasteiger partial charge in [-0.3, -0.25) is 4.90 Å². The van der Waals surface area contributed by atoms with Gasteiger partial charge >= 0.3 is 0 Å².